The van der Waals surface area contributed by atoms with Gasteiger partial charge in [-0.1, -0.05) is 30.3 Å². The number of aryl methyl sites for hydroxylation is 1. The topological polar surface area (TPSA) is 51.0 Å². The molecule has 1 unspecified atom stereocenters. The number of rotatable bonds is 6. The second kappa shape index (κ2) is 8.08. The predicted octanol–water partition coefficient (Wildman–Crippen LogP) is 3.10. The molecule has 1 atom stereocenters. The SMILES string of the molecule is CC(CC(=O)N1CCC(CCc2ccccc2)CC1)n1cncn1. The van der Waals surface area contributed by atoms with Gasteiger partial charge in [0.1, 0.15) is 12.7 Å². The summed E-state index contributed by atoms with van der Waals surface area (Å²) >= 11 is 0. The summed E-state index contributed by atoms with van der Waals surface area (Å²) in [6.45, 7) is 3.80. The second-order valence-corrected chi connectivity index (χ2v) is 6.78. The molecule has 1 aromatic heterocycles. The van der Waals surface area contributed by atoms with Crippen molar-refractivity contribution in [1.29, 1.82) is 0 Å². The quantitative estimate of drug-likeness (QED) is 0.819. The minimum absolute atomic E-state index is 0.0656. The number of carbonyl (C=O) groups is 1. The Hall–Kier alpha value is -2.17. The van der Waals surface area contributed by atoms with E-state index in [1.807, 2.05) is 11.8 Å². The molecule has 2 aromatic rings. The van der Waals surface area contributed by atoms with Crippen LogP contribution in [0.4, 0.5) is 0 Å². The summed E-state index contributed by atoms with van der Waals surface area (Å²) < 4.78 is 1.75. The molecular formula is C19H26N4O. The molecule has 0 spiro atoms. The number of aromatic nitrogens is 3. The number of hydrogen-bond donors (Lipinski definition) is 0. The zero-order valence-corrected chi connectivity index (χ0v) is 14.3. The summed E-state index contributed by atoms with van der Waals surface area (Å²) in [5.41, 5.74) is 1.41. The van der Waals surface area contributed by atoms with Gasteiger partial charge in [-0.2, -0.15) is 5.10 Å². The zero-order chi connectivity index (χ0) is 16.8. The molecule has 128 valence electrons. The molecule has 5 heteroatoms. The fourth-order valence-corrected chi connectivity index (χ4v) is 3.41. The fraction of sp³-hybridized carbons (Fsp3) is 0.526. The molecule has 0 radical (unpaired) electrons. The van der Waals surface area contributed by atoms with Crippen molar-refractivity contribution >= 4 is 5.91 Å². The third-order valence-corrected chi connectivity index (χ3v) is 5.01. The third kappa shape index (κ3) is 4.43. The first-order chi connectivity index (χ1) is 11.7. The minimum Gasteiger partial charge on any atom is -0.343 e. The summed E-state index contributed by atoms with van der Waals surface area (Å²) in [5.74, 6) is 0.974. The molecule has 1 aromatic carbocycles. The lowest BCUT2D eigenvalue weighted by Gasteiger charge is -2.32. The Labute approximate surface area is 143 Å². The Morgan fingerprint density at radius 2 is 2.00 bits per heavy atom. The molecule has 1 aliphatic rings. The van der Waals surface area contributed by atoms with E-state index in [1.165, 1.54) is 18.3 Å². The molecule has 0 saturated carbocycles. The monoisotopic (exact) mass is 326 g/mol. The van der Waals surface area contributed by atoms with Crippen molar-refractivity contribution in [3.05, 3.63) is 48.5 Å². The van der Waals surface area contributed by atoms with Crippen molar-refractivity contribution in [1.82, 2.24) is 19.7 Å². The first-order valence-corrected chi connectivity index (χ1v) is 8.88. The van der Waals surface area contributed by atoms with Gasteiger partial charge in [0.25, 0.3) is 0 Å². The van der Waals surface area contributed by atoms with Crippen molar-refractivity contribution in [3.63, 3.8) is 0 Å². The normalized spacial score (nSPS) is 17.0. The third-order valence-electron chi connectivity index (χ3n) is 5.01. The smallest absolute Gasteiger partial charge is 0.224 e. The maximum atomic E-state index is 12.5. The van der Waals surface area contributed by atoms with Gasteiger partial charge in [0.15, 0.2) is 0 Å². The molecule has 2 heterocycles. The molecule has 1 saturated heterocycles. The van der Waals surface area contributed by atoms with Gasteiger partial charge in [-0.25, -0.2) is 9.67 Å². The average Bonchev–Trinajstić information content (AvgIpc) is 3.16. The minimum atomic E-state index is 0.0656. The highest BCUT2D eigenvalue weighted by Gasteiger charge is 2.24. The van der Waals surface area contributed by atoms with Crippen LogP contribution in [0.25, 0.3) is 0 Å². The van der Waals surface area contributed by atoms with Crippen molar-refractivity contribution in [2.24, 2.45) is 5.92 Å². The highest BCUT2D eigenvalue weighted by molar-refractivity contribution is 5.76. The van der Waals surface area contributed by atoms with E-state index in [4.69, 9.17) is 0 Å². The van der Waals surface area contributed by atoms with Crippen LogP contribution < -0.4 is 0 Å². The highest BCUT2D eigenvalue weighted by atomic mass is 16.2. The largest absolute Gasteiger partial charge is 0.343 e. The predicted molar refractivity (Wildman–Crippen MR) is 93.4 cm³/mol. The van der Waals surface area contributed by atoms with Crippen LogP contribution in [0.5, 0.6) is 0 Å². The van der Waals surface area contributed by atoms with Crippen molar-refractivity contribution in [2.75, 3.05) is 13.1 Å². The molecular weight excluding hydrogens is 300 g/mol. The second-order valence-electron chi connectivity index (χ2n) is 6.78. The average molecular weight is 326 g/mol. The van der Waals surface area contributed by atoms with Crippen molar-refractivity contribution in [2.45, 2.75) is 45.1 Å². The van der Waals surface area contributed by atoms with E-state index >= 15 is 0 Å². The van der Waals surface area contributed by atoms with Gasteiger partial charge in [-0.3, -0.25) is 4.79 Å². The molecule has 3 rings (SSSR count). The number of nitrogens with zero attached hydrogens (tertiary/aromatic N) is 4. The van der Waals surface area contributed by atoms with Crippen LogP contribution in [-0.4, -0.2) is 38.7 Å². The fourth-order valence-electron chi connectivity index (χ4n) is 3.41. The number of carbonyl (C=O) groups excluding carboxylic acids is 1. The van der Waals surface area contributed by atoms with Crippen molar-refractivity contribution < 1.29 is 4.79 Å². The van der Waals surface area contributed by atoms with E-state index in [0.29, 0.717) is 6.42 Å². The lowest BCUT2D eigenvalue weighted by Crippen LogP contribution is -2.39. The van der Waals surface area contributed by atoms with Gasteiger partial charge in [0.2, 0.25) is 5.91 Å². The Bertz CT molecular complexity index is 618. The van der Waals surface area contributed by atoms with Crippen molar-refractivity contribution in [3.8, 4) is 0 Å². The summed E-state index contributed by atoms with van der Waals surface area (Å²) in [7, 11) is 0. The number of benzene rings is 1. The van der Waals surface area contributed by atoms with E-state index in [2.05, 4.69) is 40.4 Å². The Balaban J connectivity index is 1.40. The van der Waals surface area contributed by atoms with Crippen LogP contribution in [0, 0.1) is 5.92 Å². The summed E-state index contributed by atoms with van der Waals surface area (Å²) in [6, 6.07) is 10.7. The van der Waals surface area contributed by atoms with Gasteiger partial charge in [0.05, 0.1) is 6.04 Å². The first-order valence-electron chi connectivity index (χ1n) is 8.88. The van der Waals surface area contributed by atoms with E-state index in [1.54, 1.807) is 11.0 Å². The van der Waals surface area contributed by atoms with Crippen LogP contribution in [0.15, 0.2) is 43.0 Å². The highest BCUT2D eigenvalue weighted by Crippen LogP contribution is 2.23. The Morgan fingerprint density at radius 1 is 1.25 bits per heavy atom. The van der Waals surface area contributed by atoms with Crippen LogP contribution >= 0.6 is 0 Å². The molecule has 1 amide bonds. The van der Waals surface area contributed by atoms with E-state index < -0.39 is 0 Å². The van der Waals surface area contributed by atoms with Gasteiger partial charge in [-0.15, -0.1) is 0 Å². The zero-order valence-electron chi connectivity index (χ0n) is 14.3. The molecule has 0 aliphatic carbocycles. The number of piperidine rings is 1. The lowest BCUT2D eigenvalue weighted by molar-refractivity contribution is -0.133. The van der Waals surface area contributed by atoms with E-state index in [9.17, 15) is 4.79 Å². The van der Waals surface area contributed by atoms with Gasteiger partial charge in [-0.05, 0) is 44.1 Å². The molecule has 1 aliphatic heterocycles. The maximum absolute atomic E-state index is 12.5. The van der Waals surface area contributed by atoms with Crippen LogP contribution in [0.1, 0.15) is 44.2 Å². The number of amides is 1. The van der Waals surface area contributed by atoms with Crippen LogP contribution in [0.2, 0.25) is 0 Å². The van der Waals surface area contributed by atoms with E-state index in [0.717, 1.165) is 38.3 Å². The van der Waals surface area contributed by atoms with E-state index in [-0.39, 0.29) is 11.9 Å². The van der Waals surface area contributed by atoms with Gasteiger partial charge < -0.3 is 4.90 Å². The van der Waals surface area contributed by atoms with Gasteiger partial charge >= 0.3 is 0 Å². The molecule has 24 heavy (non-hydrogen) atoms. The standard InChI is InChI=1S/C19H26N4O/c1-16(23-15-20-14-21-23)13-19(24)22-11-9-18(10-12-22)8-7-17-5-3-2-4-6-17/h2-6,14-16,18H,7-13H2,1H3. The molecule has 5 nitrogen and oxygen atoms in total. The summed E-state index contributed by atoms with van der Waals surface area (Å²) in [4.78, 5) is 18.4. The maximum Gasteiger partial charge on any atom is 0.224 e. The summed E-state index contributed by atoms with van der Waals surface area (Å²) in [5, 5.41) is 4.11. The van der Waals surface area contributed by atoms with Crippen LogP contribution in [0.3, 0.4) is 0 Å². The molecule has 1 fully saturated rings. The first kappa shape index (κ1) is 16.7. The number of likely N-dealkylation sites (tertiary alicyclic amines) is 1. The molecule has 0 N–H and O–H groups in total. The Kier molecular flexibility index (Phi) is 5.62. The lowest BCUT2D eigenvalue weighted by atomic mass is 9.90. The summed E-state index contributed by atoms with van der Waals surface area (Å²) in [6.07, 6.45) is 8.29. The van der Waals surface area contributed by atoms with Crippen LogP contribution in [-0.2, 0) is 11.2 Å². The number of hydrogen-bond acceptors (Lipinski definition) is 3. The Morgan fingerprint density at radius 3 is 2.67 bits per heavy atom. The van der Waals surface area contributed by atoms with Gasteiger partial charge in [0, 0.05) is 19.5 Å². The molecule has 0 bridgehead atoms.